The first-order chi connectivity index (χ1) is 14.5. The van der Waals surface area contributed by atoms with Gasteiger partial charge in [-0.1, -0.05) is 48.5 Å². The maximum atomic E-state index is 12.8. The SMILES string of the molecule is O=C(NC1CCOc2ccccc21)C1CCN(S(=O)(=O)/C=C/c2ccccc2)CC1. The van der Waals surface area contributed by atoms with E-state index in [1.807, 2.05) is 54.6 Å². The van der Waals surface area contributed by atoms with Crippen molar-refractivity contribution in [3.8, 4) is 5.75 Å². The van der Waals surface area contributed by atoms with Crippen molar-refractivity contribution in [1.82, 2.24) is 9.62 Å². The molecule has 4 rings (SSSR count). The van der Waals surface area contributed by atoms with Gasteiger partial charge in [-0.05, 0) is 30.5 Å². The molecule has 2 aromatic rings. The van der Waals surface area contributed by atoms with Crippen LogP contribution in [0.1, 0.15) is 36.4 Å². The Morgan fingerprint density at radius 1 is 1.00 bits per heavy atom. The summed E-state index contributed by atoms with van der Waals surface area (Å²) in [5.74, 6) is 0.637. The van der Waals surface area contributed by atoms with Crippen molar-refractivity contribution < 1.29 is 17.9 Å². The number of sulfonamides is 1. The van der Waals surface area contributed by atoms with Gasteiger partial charge in [0.25, 0.3) is 0 Å². The molecule has 1 saturated heterocycles. The molecule has 0 aromatic heterocycles. The number of para-hydroxylation sites is 1. The fraction of sp³-hybridized carbons (Fsp3) is 0.348. The molecule has 2 heterocycles. The van der Waals surface area contributed by atoms with Gasteiger partial charge >= 0.3 is 0 Å². The normalized spacial score (nSPS) is 20.5. The van der Waals surface area contributed by atoms with Gasteiger partial charge in [-0.15, -0.1) is 0 Å². The van der Waals surface area contributed by atoms with Crippen molar-refractivity contribution >= 4 is 22.0 Å². The average molecular weight is 427 g/mol. The van der Waals surface area contributed by atoms with Gasteiger partial charge in [0, 0.05) is 36.4 Å². The number of hydrogen-bond donors (Lipinski definition) is 1. The van der Waals surface area contributed by atoms with E-state index >= 15 is 0 Å². The van der Waals surface area contributed by atoms with E-state index in [0.717, 1.165) is 23.3 Å². The highest BCUT2D eigenvalue weighted by molar-refractivity contribution is 7.92. The van der Waals surface area contributed by atoms with Gasteiger partial charge in [-0.2, -0.15) is 4.31 Å². The van der Waals surface area contributed by atoms with E-state index in [0.29, 0.717) is 32.5 Å². The fourth-order valence-electron chi connectivity index (χ4n) is 3.97. The molecule has 2 aliphatic heterocycles. The lowest BCUT2D eigenvalue weighted by atomic mass is 9.95. The molecule has 1 fully saturated rings. The summed E-state index contributed by atoms with van der Waals surface area (Å²) in [6.45, 7) is 1.28. The number of fused-ring (bicyclic) bond motifs is 1. The van der Waals surface area contributed by atoms with Crippen LogP contribution in [0.3, 0.4) is 0 Å². The molecule has 1 N–H and O–H groups in total. The minimum absolute atomic E-state index is 0.00595. The summed E-state index contributed by atoms with van der Waals surface area (Å²) < 4.78 is 32.3. The summed E-state index contributed by atoms with van der Waals surface area (Å²) in [7, 11) is -3.49. The summed E-state index contributed by atoms with van der Waals surface area (Å²) in [6, 6.07) is 17.0. The maximum Gasteiger partial charge on any atom is 0.236 e. The first-order valence-electron chi connectivity index (χ1n) is 10.3. The molecular weight excluding hydrogens is 400 g/mol. The Morgan fingerprint density at radius 2 is 1.70 bits per heavy atom. The van der Waals surface area contributed by atoms with Gasteiger partial charge in [-0.3, -0.25) is 4.79 Å². The van der Waals surface area contributed by atoms with Gasteiger partial charge < -0.3 is 10.1 Å². The maximum absolute atomic E-state index is 12.8. The van der Waals surface area contributed by atoms with Crippen LogP contribution in [0.2, 0.25) is 0 Å². The first kappa shape index (κ1) is 20.6. The molecule has 0 spiro atoms. The molecule has 2 aromatic carbocycles. The van der Waals surface area contributed by atoms with Crippen molar-refractivity contribution in [2.24, 2.45) is 5.92 Å². The predicted octanol–water partition coefficient (Wildman–Crippen LogP) is 3.34. The quantitative estimate of drug-likeness (QED) is 0.796. The number of amides is 1. The van der Waals surface area contributed by atoms with Gasteiger partial charge in [-0.25, -0.2) is 8.42 Å². The molecule has 7 heteroatoms. The zero-order valence-corrected chi connectivity index (χ0v) is 17.6. The first-order valence-corrected chi connectivity index (χ1v) is 11.8. The second kappa shape index (κ2) is 9.02. The van der Waals surface area contributed by atoms with Crippen molar-refractivity contribution in [1.29, 1.82) is 0 Å². The zero-order valence-electron chi connectivity index (χ0n) is 16.7. The van der Waals surface area contributed by atoms with Crippen molar-refractivity contribution in [3.05, 3.63) is 71.1 Å². The summed E-state index contributed by atoms with van der Waals surface area (Å²) in [4.78, 5) is 12.8. The molecule has 6 nitrogen and oxygen atoms in total. The number of rotatable bonds is 5. The van der Waals surface area contributed by atoms with Crippen molar-refractivity contribution in [2.45, 2.75) is 25.3 Å². The number of nitrogens with zero attached hydrogens (tertiary/aromatic N) is 1. The highest BCUT2D eigenvalue weighted by atomic mass is 32.2. The monoisotopic (exact) mass is 426 g/mol. The van der Waals surface area contributed by atoms with Gasteiger partial charge in [0.2, 0.25) is 15.9 Å². The molecule has 0 aliphatic carbocycles. The summed E-state index contributed by atoms with van der Waals surface area (Å²) >= 11 is 0. The topological polar surface area (TPSA) is 75.7 Å². The Labute approximate surface area is 177 Å². The van der Waals surface area contributed by atoms with E-state index < -0.39 is 10.0 Å². The third-order valence-electron chi connectivity index (χ3n) is 5.69. The molecule has 2 aliphatic rings. The number of carbonyl (C=O) groups is 1. The van der Waals surface area contributed by atoms with Crippen LogP contribution in [-0.2, 0) is 14.8 Å². The number of nitrogens with one attached hydrogen (secondary N) is 1. The number of piperidine rings is 1. The Hall–Kier alpha value is -2.64. The third-order valence-corrected chi connectivity index (χ3v) is 7.26. The number of hydrogen-bond acceptors (Lipinski definition) is 4. The highest BCUT2D eigenvalue weighted by Crippen LogP contribution is 2.32. The minimum Gasteiger partial charge on any atom is -0.493 e. The summed E-state index contributed by atoms with van der Waals surface area (Å²) in [6.07, 6.45) is 3.39. The van der Waals surface area contributed by atoms with Gasteiger partial charge in [0.1, 0.15) is 5.75 Å². The predicted molar refractivity (Wildman–Crippen MR) is 116 cm³/mol. The van der Waals surface area contributed by atoms with Crippen LogP contribution in [0, 0.1) is 5.92 Å². The molecule has 158 valence electrons. The molecule has 1 atom stereocenters. The lowest BCUT2D eigenvalue weighted by Gasteiger charge is -2.32. The fourth-order valence-corrected chi connectivity index (χ4v) is 5.19. The van der Waals surface area contributed by atoms with E-state index in [9.17, 15) is 13.2 Å². The molecule has 0 radical (unpaired) electrons. The highest BCUT2D eigenvalue weighted by Gasteiger charge is 2.32. The molecular formula is C23H26N2O4S. The Kier molecular flexibility index (Phi) is 6.20. The summed E-state index contributed by atoms with van der Waals surface area (Å²) in [5.41, 5.74) is 1.84. The van der Waals surface area contributed by atoms with E-state index in [-0.39, 0.29) is 17.9 Å². The van der Waals surface area contributed by atoms with Gasteiger partial charge in [0.15, 0.2) is 0 Å². The zero-order chi connectivity index (χ0) is 21.0. The van der Waals surface area contributed by atoms with Crippen LogP contribution in [0.25, 0.3) is 6.08 Å². The standard InChI is InChI=1S/C23H26N2O4S/c26-23(24-21-12-16-29-22-9-5-4-8-20(21)22)19-10-14-25(15-11-19)30(27,28)17-13-18-6-2-1-3-7-18/h1-9,13,17,19,21H,10-12,14-16H2,(H,24,26)/b17-13+. The van der Waals surface area contributed by atoms with Crippen LogP contribution in [-0.4, -0.2) is 38.3 Å². The van der Waals surface area contributed by atoms with Crippen LogP contribution < -0.4 is 10.1 Å². The number of ether oxygens (including phenoxy) is 1. The molecule has 1 amide bonds. The Morgan fingerprint density at radius 3 is 2.47 bits per heavy atom. The largest absolute Gasteiger partial charge is 0.493 e. The van der Waals surface area contributed by atoms with Crippen LogP contribution in [0.15, 0.2) is 60.0 Å². The van der Waals surface area contributed by atoms with E-state index in [4.69, 9.17) is 4.74 Å². The Bertz CT molecular complexity index is 1010. The van der Waals surface area contributed by atoms with Crippen molar-refractivity contribution in [2.75, 3.05) is 19.7 Å². The number of benzene rings is 2. The van der Waals surface area contributed by atoms with Crippen molar-refractivity contribution in [3.63, 3.8) is 0 Å². The van der Waals surface area contributed by atoms with Gasteiger partial charge in [0.05, 0.1) is 12.6 Å². The molecule has 30 heavy (non-hydrogen) atoms. The van der Waals surface area contributed by atoms with E-state index in [2.05, 4.69) is 5.32 Å². The second-order valence-corrected chi connectivity index (χ2v) is 9.49. The van der Waals surface area contributed by atoms with Crippen LogP contribution in [0.4, 0.5) is 0 Å². The number of carbonyl (C=O) groups excluding carboxylic acids is 1. The van der Waals surface area contributed by atoms with Crippen LogP contribution >= 0.6 is 0 Å². The average Bonchev–Trinajstić information content (AvgIpc) is 2.79. The van der Waals surface area contributed by atoms with E-state index in [1.54, 1.807) is 6.08 Å². The minimum atomic E-state index is -3.49. The summed E-state index contributed by atoms with van der Waals surface area (Å²) in [5, 5.41) is 4.40. The van der Waals surface area contributed by atoms with E-state index in [1.165, 1.54) is 9.71 Å². The molecule has 1 unspecified atom stereocenters. The van der Waals surface area contributed by atoms with Crippen LogP contribution in [0.5, 0.6) is 5.75 Å². The lowest BCUT2D eigenvalue weighted by Crippen LogP contribution is -2.43. The lowest BCUT2D eigenvalue weighted by molar-refractivity contribution is -0.127. The molecule has 0 saturated carbocycles. The Balaban J connectivity index is 1.33. The third kappa shape index (κ3) is 4.74. The molecule has 0 bridgehead atoms. The smallest absolute Gasteiger partial charge is 0.236 e. The second-order valence-electron chi connectivity index (χ2n) is 7.67.